The molecular weight excluding hydrogens is 301 g/mol. The molecule has 9 heteroatoms. The molecule has 1 fully saturated rings. The van der Waals surface area contributed by atoms with E-state index in [1.165, 1.54) is 7.11 Å². The van der Waals surface area contributed by atoms with Crippen LogP contribution in [-0.4, -0.2) is 34.0 Å². The fourth-order valence-corrected chi connectivity index (χ4v) is 2.74. The molecule has 1 saturated carbocycles. The third-order valence-electron chi connectivity index (χ3n) is 2.93. The summed E-state index contributed by atoms with van der Waals surface area (Å²) < 4.78 is 44.4. The van der Waals surface area contributed by atoms with Gasteiger partial charge in [-0.05, 0) is 25.0 Å². The number of rotatable bonds is 6. The Hall–Kier alpha value is -1.87. The average Bonchev–Trinajstić information content (AvgIpc) is 3.20. The number of benzene rings is 1. The van der Waals surface area contributed by atoms with Gasteiger partial charge in [0.25, 0.3) is 0 Å². The molecule has 0 heterocycles. The summed E-state index contributed by atoms with van der Waals surface area (Å²) in [5.41, 5.74) is 5.38. The zero-order valence-corrected chi connectivity index (χ0v) is 12.2. The van der Waals surface area contributed by atoms with E-state index in [0.717, 1.165) is 25.0 Å². The Kier molecular flexibility index (Phi) is 4.33. The third kappa shape index (κ3) is 3.82. The number of carbonyl (C=O) groups is 1. The minimum atomic E-state index is -4.03. The molecule has 0 aromatic heterocycles. The lowest BCUT2D eigenvalue weighted by Gasteiger charge is -2.10. The first kappa shape index (κ1) is 15.5. The van der Waals surface area contributed by atoms with Crippen molar-refractivity contribution >= 4 is 21.6 Å². The van der Waals surface area contributed by atoms with Gasteiger partial charge in [-0.2, -0.15) is 0 Å². The van der Waals surface area contributed by atoms with Crippen LogP contribution in [0.5, 0.6) is 5.75 Å². The number of sulfonamides is 1. The summed E-state index contributed by atoms with van der Waals surface area (Å²) in [5, 5.41) is 2.63. The molecule has 4 N–H and O–H groups in total. The van der Waals surface area contributed by atoms with Crippen molar-refractivity contribution in [1.29, 1.82) is 0 Å². The molecule has 1 aromatic carbocycles. The number of hydrogen-bond acceptors (Lipinski definition) is 5. The largest absolute Gasteiger partial charge is 0.492 e. The number of anilines is 1. The molecule has 1 amide bonds. The number of halogens is 1. The molecule has 0 aliphatic heterocycles. The Bertz CT molecular complexity index is 635. The predicted molar refractivity (Wildman–Crippen MR) is 73.7 cm³/mol. The Balaban J connectivity index is 2.09. The SMILES string of the molecule is COc1c(N)cc(S(=O)(=O)NCC(=O)NC2CC2)cc1F. The van der Waals surface area contributed by atoms with Gasteiger partial charge in [0.2, 0.25) is 15.9 Å². The van der Waals surface area contributed by atoms with E-state index >= 15 is 0 Å². The smallest absolute Gasteiger partial charge is 0.241 e. The van der Waals surface area contributed by atoms with E-state index in [1.807, 2.05) is 0 Å². The first-order valence-electron chi connectivity index (χ1n) is 6.25. The number of hydrogen-bond donors (Lipinski definition) is 3. The van der Waals surface area contributed by atoms with Gasteiger partial charge in [0, 0.05) is 6.04 Å². The lowest BCUT2D eigenvalue weighted by atomic mass is 10.3. The highest BCUT2D eigenvalue weighted by Crippen LogP contribution is 2.28. The van der Waals surface area contributed by atoms with Crippen LogP contribution in [0.2, 0.25) is 0 Å². The summed E-state index contributed by atoms with van der Waals surface area (Å²) in [6, 6.07) is 2.00. The van der Waals surface area contributed by atoms with Crippen molar-refractivity contribution in [2.24, 2.45) is 0 Å². The van der Waals surface area contributed by atoms with Crippen LogP contribution in [-0.2, 0) is 14.8 Å². The van der Waals surface area contributed by atoms with E-state index in [2.05, 4.69) is 10.0 Å². The van der Waals surface area contributed by atoms with Gasteiger partial charge in [-0.1, -0.05) is 0 Å². The van der Waals surface area contributed by atoms with Crippen molar-refractivity contribution in [1.82, 2.24) is 10.0 Å². The van der Waals surface area contributed by atoms with Crippen LogP contribution in [0.15, 0.2) is 17.0 Å². The molecular formula is C12H16FN3O4S. The van der Waals surface area contributed by atoms with Crippen molar-refractivity contribution in [3.63, 3.8) is 0 Å². The Morgan fingerprint density at radius 3 is 2.67 bits per heavy atom. The number of nitrogen functional groups attached to an aromatic ring is 1. The van der Waals surface area contributed by atoms with E-state index in [4.69, 9.17) is 10.5 Å². The number of amides is 1. The Labute approximate surface area is 121 Å². The number of ether oxygens (including phenoxy) is 1. The van der Waals surface area contributed by atoms with E-state index in [9.17, 15) is 17.6 Å². The van der Waals surface area contributed by atoms with Gasteiger partial charge in [-0.25, -0.2) is 17.5 Å². The van der Waals surface area contributed by atoms with Crippen molar-refractivity contribution < 1.29 is 22.3 Å². The predicted octanol–water partition coefficient (Wildman–Crippen LogP) is -0.0266. The maximum atomic E-state index is 13.6. The fourth-order valence-electron chi connectivity index (χ4n) is 1.71. The lowest BCUT2D eigenvalue weighted by molar-refractivity contribution is -0.120. The van der Waals surface area contributed by atoms with E-state index in [0.29, 0.717) is 0 Å². The van der Waals surface area contributed by atoms with Gasteiger partial charge in [0.15, 0.2) is 11.6 Å². The van der Waals surface area contributed by atoms with Crippen molar-refractivity contribution in [2.75, 3.05) is 19.4 Å². The van der Waals surface area contributed by atoms with Gasteiger partial charge in [-0.3, -0.25) is 4.79 Å². The Morgan fingerprint density at radius 1 is 1.48 bits per heavy atom. The van der Waals surface area contributed by atoms with Gasteiger partial charge < -0.3 is 15.8 Å². The van der Waals surface area contributed by atoms with Crippen molar-refractivity contribution in [2.45, 2.75) is 23.8 Å². The topological polar surface area (TPSA) is 111 Å². The van der Waals surface area contributed by atoms with Crippen LogP contribution in [0.4, 0.5) is 10.1 Å². The van der Waals surface area contributed by atoms with Crippen LogP contribution >= 0.6 is 0 Å². The fraction of sp³-hybridized carbons (Fsp3) is 0.417. The van der Waals surface area contributed by atoms with E-state index in [1.54, 1.807) is 0 Å². The zero-order valence-electron chi connectivity index (χ0n) is 11.3. The molecule has 0 bridgehead atoms. The van der Waals surface area contributed by atoms with E-state index < -0.39 is 28.3 Å². The van der Waals surface area contributed by atoms with Crippen LogP contribution in [0, 0.1) is 5.82 Å². The third-order valence-corrected chi connectivity index (χ3v) is 4.31. The standard InChI is InChI=1S/C12H16FN3O4S/c1-20-12-9(13)4-8(5-10(12)14)21(18,19)15-6-11(17)16-7-2-3-7/h4-5,7,15H,2-3,6,14H2,1H3,(H,16,17). The molecule has 0 saturated heterocycles. The number of nitrogens with two attached hydrogens (primary N) is 1. The summed E-state index contributed by atoms with van der Waals surface area (Å²) in [6.45, 7) is -0.410. The summed E-state index contributed by atoms with van der Waals surface area (Å²) in [7, 11) is -2.80. The van der Waals surface area contributed by atoms with Gasteiger partial charge in [0.05, 0.1) is 24.2 Å². The minimum Gasteiger partial charge on any atom is -0.492 e. The number of carbonyl (C=O) groups excluding carboxylic acids is 1. The quantitative estimate of drug-likeness (QED) is 0.638. The molecule has 0 radical (unpaired) electrons. The van der Waals surface area contributed by atoms with Gasteiger partial charge in [0.1, 0.15) is 0 Å². The van der Waals surface area contributed by atoms with E-state index in [-0.39, 0.29) is 22.4 Å². The highest BCUT2D eigenvalue weighted by Gasteiger charge is 2.24. The molecule has 0 atom stereocenters. The van der Waals surface area contributed by atoms with Crippen LogP contribution in [0.25, 0.3) is 0 Å². The van der Waals surface area contributed by atoms with Crippen LogP contribution in [0.1, 0.15) is 12.8 Å². The summed E-state index contributed by atoms with van der Waals surface area (Å²) in [4.78, 5) is 11.1. The number of nitrogens with one attached hydrogen (secondary N) is 2. The second kappa shape index (κ2) is 5.86. The Morgan fingerprint density at radius 2 is 2.14 bits per heavy atom. The maximum Gasteiger partial charge on any atom is 0.241 e. The normalized spacial score (nSPS) is 14.8. The highest BCUT2D eigenvalue weighted by atomic mass is 32.2. The van der Waals surface area contributed by atoms with Gasteiger partial charge >= 0.3 is 0 Å². The second-order valence-electron chi connectivity index (χ2n) is 4.69. The first-order chi connectivity index (χ1) is 9.83. The summed E-state index contributed by atoms with van der Waals surface area (Å²) in [6.07, 6.45) is 1.80. The highest BCUT2D eigenvalue weighted by molar-refractivity contribution is 7.89. The molecule has 1 aliphatic rings. The monoisotopic (exact) mass is 317 g/mol. The van der Waals surface area contributed by atoms with Gasteiger partial charge in [-0.15, -0.1) is 0 Å². The first-order valence-corrected chi connectivity index (χ1v) is 7.74. The molecule has 0 spiro atoms. The molecule has 116 valence electrons. The summed E-state index contributed by atoms with van der Waals surface area (Å²) in [5.74, 6) is -1.54. The second-order valence-corrected chi connectivity index (χ2v) is 6.46. The molecule has 7 nitrogen and oxygen atoms in total. The average molecular weight is 317 g/mol. The zero-order chi connectivity index (χ0) is 15.6. The molecule has 0 unspecified atom stereocenters. The molecule has 1 aromatic rings. The van der Waals surface area contributed by atoms with Crippen LogP contribution in [0.3, 0.4) is 0 Å². The molecule has 1 aliphatic carbocycles. The van der Waals surface area contributed by atoms with Crippen molar-refractivity contribution in [3.05, 3.63) is 17.9 Å². The van der Waals surface area contributed by atoms with Crippen LogP contribution < -0.4 is 20.5 Å². The number of methoxy groups -OCH3 is 1. The van der Waals surface area contributed by atoms with Crippen molar-refractivity contribution in [3.8, 4) is 5.75 Å². The maximum absolute atomic E-state index is 13.6. The minimum absolute atomic E-state index is 0.135. The molecule has 2 rings (SSSR count). The lowest BCUT2D eigenvalue weighted by Crippen LogP contribution is -2.37. The summed E-state index contributed by atoms with van der Waals surface area (Å²) >= 11 is 0. The molecule has 21 heavy (non-hydrogen) atoms.